The molecule has 31 heavy (non-hydrogen) atoms. The van der Waals surface area contributed by atoms with E-state index in [9.17, 15) is 9.59 Å². The van der Waals surface area contributed by atoms with E-state index in [1.54, 1.807) is 0 Å². The summed E-state index contributed by atoms with van der Waals surface area (Å²) in [7, 11) is 0. The molecule has 0 bridgehead atoms. The number of hydrogen-bond donors (Lipinski definition) is 2. The third-order valence-corrected chi connectivity index (χ3v) is 7.25. The van der Waals surface area contributed by atoms with Crippen LogP contribution >= 0.6 is 11.6 Å². The molecule has 1 aromatic rings. The summed E-state index contributed by atoms with van der Waals surface area (Å²) >= 11 is 6.76. The summed E-state index contributed by atoms with van der Waals surface area (Å²) in [5, 5.41) is 12.8. The molecule has 1 atom stereocenters. The molecule has 1 aliphatic heterocycles. The molecule has 0 aromatic heterocycles. The molecule has 1 saturated carbocycles. The molecular formula is C25H31ClN2O3. The van der Waals surface area contributed by atoms with Gasteiger partial charge in [-0.3, -0.25) is 4.79 Å². The molecule has 3 aliphatic rings. The van der Waals surface area contributed by atoms with Gasteiger partial charge in [0, 0.05) is 17.8 Å². The van der Waals surface area contributed by atoms with Gasteiger partial charge in [0.1, 0.15) is 0 Å². The van der Waals surface area contributed by atoms with E-state index in [0.717, 1.165) is 48.8 Å². The zero-order chi connectivity index (χ0) is 22.4. The van der Waals surface area contributed by atoms with Crippen LogP contribution in [0.4, 0.5) is 4.79 Å². The summed E-state index contributed by atoms with van der Waals surface area (Å²) in [6.07, 6.45) is 9.48. The fourth-order valence-corrected chi connectivity index (χ4v) is 4.95. The number of carboxylic acids is 1. The van der Waals surface area contributed by atoms with Crippen LogP contribution in [0, 0.1) is 11.3 Å². The lowest BCUT2D eigenvalue weighted by Crippen LogP contribution is -2.54. The molecule has 166 valence electrons. The van der Waals surface area contributed by atoms with Crippen molar-refractivity contribution in [2.75, 3.05) is 6.54 Å². The van der Waals surface area contributed by atoms with Gasteiger partial charge in [-0.25, -0.2) is 4.79 Å². The van der Waals surface area contributed by atoms with Crippen LogP contribution in [0.1, 0.15) is 70.4 Å². The first-order valence-electron chi connectivity index (χ1n) is 11.1. The van der Waals surface area contributed by atoms with Crippen molar-refractivity contribution < 1.29 is 14.7 Å². The fraction of sp³-hybridized carbons (Fsp3) is 0.520. The van der Waals surface area contributed by atoms with Crippen LogP contribution in [0.3, 0.4) is 0 Å². The summed E-state index contributed by atoms with van der Waals surface area (Å²) in [4.78, 5) is 25.2. The molecule has 0 unspecified atom stereocenters. The molecule has 4 rings (SSSR count). The normalized spacial score (nSPS) is 25.5. The zero-order valence-corrected chi connectivity index (χ0v) is 19.3. The maximum Gasteiger partial charge on any atom is 0.322 e. The van der Waals surface area contributed by atoms with Crippen LogP contribution < -0.4 is 5.32 Å². The number of amides is 2. The predicted molar refractivity (Wildman–Crippen MR) is 123 cm³/mol. The van der Waals surface area contributed by atoms with E-state index in [4.69, 9.17) is 16.7 Å². The highest BCUT2D eigenvalue weighted by Gasteiger charge is 2.45. The van der Waals surface area contributed by atoms with Crippen molar-refractivity contribution in [2.24, 2.45) is 11.3 Å². The van der Waals surface area contributed by atoms with Crippen LogP contribution in [-0.2, 0) is 10.3 Å². The number of aliphatic carboxylic acids is 1. The third kappa shape index (κ3) is 4.52. The fourth-order valence-electron chi connectivity index (χ4n) is 4.65. The van der Waals surface area contributed by atoms with Gasteiger partial charge in [-0.15, -0.1) is 0 Å². The number of carboxylic acid groups (broad SMARTS) is 1. The van der Waals surface area contributed by atoms with E-state index in [1.165, 1.54) is 10.5 Å². The Morgan fingerprint density at radius 2 is 2.03 bits per heavy atom. The smallest absolute Gasteiger partial charge is 0.322 e. The second-order valence-electron chi connectivity index (χ2n) is 10.0. The van der Waals surface area contributed by atoms with Crippen molar-refractivity contribution >= 4 is 29.2 Å². The van der Waals surface area contributed by atoms with E-state index in [0.29, 0.717) is 16.4 Å². The average molecular weight is 443 g/mol. The van der Waals surface area contributed by atoms with Crippen molar-refractivity contribution in [1.82, 2.24) is 10.2 Å². The lowest BCUT2D eigenvalue weighted by atomic mass is 9.76. The van der Waals surface area contributed by atoms with Crippen molar-refractivity contribution in [3.8, 4) is 0 Å². The Hall–Kier alpha value is -2.27. The van der Waals surface area contributed by atoms with E-state index in [1.807, 2.05) is 19.2 Å². The standard InChI is InChI=1S/C25H31ClN2O3/c1-24(2)11-8-16(9-12-24)19-7-6-18(14-21(19)26)25(3)20(17-4-5-17)15-28(23(31)27-25)13-10-22(29)30/h6-8,14-15,17H,4-5,9-13H2,1-3H3,(H,27,31)(H,29,30)/t25-/m0/s1. The van der Waals surface area contributed by atoms with Gasteiger partial charge in [0.05, 0.1) is 12.0 Å². The number of carbonyl (C=O) groups is 2. The molecule has 2 aliphatic carbocycles. The molecule has 1 fully saturated rings. The zero-order valence-electron chi connectivity index (χ0n) is 18.5. The Morgan fingerprint density at radius 3 is 2.61 bits per heavy atom. The first-order valence-corrected chi connectivity index (χ1v) is 11.5. The van der Waals surface area contributed by atoms with E-state index >= 15 is 0 Å². The summed E-state index contributed by atoms with van der Waals surface area (Å²) in [6.45, 7) is 6.78. The van der Waals surface area contributed by atoms with E-state index in [-0.39, 0.29) is 19.0 Å². The third-order valence-electron chi connectivity index (χ3n) is 6.94. The van der Waals surface area contributed by atoms with E-state index < -0.39 is 11.5 Å². The van der Waals surface area contributed by atoms with Crippen molar-refractivity contribution in [2.45, 2.75) is 64.8 Å². The topological polar surface area (TPSA) is 69.6 Å². The Morgan fingerprint density at radius 1 is 1.29 bits per heavy atom. The van der Waals surface area contributed by atoms with Gasteiger partial charge < -0.3 is 15.3 Å². The minimum atomic E-state index is -0.912. The van der Waals surface area contributed by atoms with Crippen LogP contribution in [0.15, 0.2) is 36.0 Å². The van der Waals surface area contributed by atoms with Crippen molar-refractivity contribution in [3.63, 3.8) is 0 Å². The SMILES string of the molecule is CC1(C)CC=C(c2ccc([C@]3(C)NC(=O)N(CCC(=O)O)C=C3C3CC3)cc2Cl)CC1. The first kappa shape index (κ1) is 21.9. The number of nitrogens with zero attached hydrogens (tertiary/aromatic N) is 1. The largest absolute Gasteiger partial charge is 0.481 e. The van der Waals surface area contributed by atoms with Crippen LogP contribution in [-0.4, -0.2) is 28.6 Å². The summed E-state index contributed by atoms with van der Waals surface area (Å²) in [5.41, 5.74) is 4.15. The molecule has 0 saturated heterocycles. The molecule has 0 radical (unpaired) electrons. The lowest BCUT2D eigenvalue weighted by molar-refractivity contribution is -0.137. The summed E-state index contributed by atoms with van der Waals surface area (Å²) in [6, 6.07) is 5.87. The predicted octanol–water partition coefficient (Wildman–Crippen LogP) is 5.94. The number of rotatable bonds is 6. The Labute approximate surface area is 189 Å². The number of benzene rings is 1. The summed E-state index contributed by atoms with van der Waals surface area (Å²) < 4.78 is 0. The maximum atomic E-state index is 12.8. The Bertz CT molecular complexity index is 977. The van der Waals surface area contributed by atoms with Crippen molar-refractivity contribution in [3.05, 3.63) is 52.2 Å². The highest BCUT2D eigenvalue weighted by atomic mass is 35.5. The lowest BCUT2D eigenvalue weighted by Gasteiger charge is -2.41. The van der Waals surface area contributed by atoms with Crippen LogP contribution in [0.5, 0.6) is 0 Å². The summed E-state index contributed by atoms with van der Waals surface area (Å²) in [5.74, 6) is -0.509. The molecule has 2 N–H and O–H groups in total. The molecule has 0 spiro atoms. The maximum absolute atomic E-state index is 12.8. The molecule has 1 aromatic carbocycles. The number of urea groups is 1. The van der Waals surface area contributed by atoms with Crippen molar-refractivity contribution in [1.29, 1.82) is 0 Å². The number of allylic oxidation sites excluding steroid dienone is 2. The van der Waals surface area contributed by atoms with Gasteiger partial charge in [-0.2, -0.15) is 0 Å². The van der Waals surface area contributed by atoms with Gasteiger partial charge in [-0.1, -0.05) is 43.7 Å². The Balaban J connectivity index is 1.64. The minimum absolute atomic E-state index is 0.0783. The van der Waals surface area contributed by atoms with E-state index in [2.05, 4.69) is 37.4 Å². The molecule has 1 heterocycles. The quantitative estimate of drug-likeness (QED) is 0.572. The second-order valence-corrected chi connectivity index (χ2v) is 10.5. The number of carbonyl (C=O) groups excluding carboxylic acids is 1. The van der Waals surface area contributed by atoms with Gasteiger partial charge in [0.25, 0.3) is 0 Å². The number of hydrogen-bond acceptors (Lipinski definition) is 2. The van der Waals surface area contributed by atoms with Crippen LogP contribution in [0.25, 0.3) is 5.57 Å². The highest BCUT2D eigenvalue weighted by molar-refractivity contribution is 6.32. The van der Waals surface area contributed by atoms with Crippen LogP contribution in [0.2, 0.25) is 5.02 Å². The van der Waals surface area contributed by atoms with Gasteiger partial charge in [0.2, 0.25) is 0 Å². The first-order chi connectivity index (χ1) is 14.6. The molecule has 6 heteroatoms. The number of halogens is 1. The number of nitrogens with one attached hydrogen (secondary N) is 1. The van der Waals surface area contributed by atoms with Gasteiger partial charge in [0.15, 0.2) is 0 Å². The highest BCUT2D eigenvalue weighted by Crippen LogP contribution is 2.48. The Kier molecular flexibility index (Phi) is 5.67. The molecular weight excluding hydrogens is 412 g/mol. The average Bonchev–Trinajstić information content (AvgIpc) is 3.52. The minimum Gasteiger partial charge on any atom is -0.481 e. The van der Waals surface area contributed by atoms with Gasteiger partial charge in [-0.05, 0) is 78.7 Å². The monoisotopic (exact) mass is 442 g/mol. The molecule has 5 nitrogen and oxygen atoms in total. The van der Waals surface area contributed by atoms with Gasteiger partial charge >= 0.3 is 12.0 Å². The second kappa shape index (κ2) is 8.01. The molecule has 2 amide bonds.